The number of dihydropyridines is 1. The number of fused-ring (bicyclic) bond motifs is 1. The highest BCUT2D eigenvalue weighted by molar-refractivity contribution is 6.05. The summed E-state index contributed by atoms with van der Waals surface area (Å²) < 4.78 is 0. The van der Waals surface area contributed by atoms with E-state index in [1.807, 2.05) is 13.3 Å². The summed E-state index contributed by atoms with van der Waals surface area (Å²) in [6.07, 6.45) is 9.80. The largest absolute Gasteiger partial charge is 0.369 e. The molecule has 3 aliphatic rings. The summed E-state index contributed by atoms with van der Waals surface area (Å²) in [5.74, 6) is 0. The molecule has 2 aromatic carbocycles. The molecule has 0 unspecified atom stereocenters. The average Bonchev–Trinajstić information content (AvgIpc) is 3.36. The number of rotatable bonds is 7. The van der Waals surface area contributed by atoms with Gasteiger partial charge in [0.15, 0.2) is 0 Å². The highest BCUT2D eigenvalue weighted by Gasteiger charge is 2.22. The number of allylic oxidation sites excluding steroid dienone is 1. The van der Waals surface area contributed by atoms with Gasteiger partial charge in [-0.1, -0.05) is 54.6 Å². The van der Waals surface area contributed by atoms with Crippen molar-refractivity contribution in [2.75, 3.05) is 39.8 Å². The van der Waals surface area contributed by atoms with Gasteiger partial charge in [-0.2, -0.15) is 0 Å². The van der Waals surface area contributed by atoms with Crippen LogP contribution in [0.25, 0.3) is 5.70 Å². The van der Waals surface area contributed by atoms with Gasteiger partial charge < -0.3 is 4.90 Å². The Morgan fingerprint density at radius 1 is 0.971 bits per heavy atom. The lowest BCUT2D eigenvalue weighted by molar-refractivity contribution is 0.169. The number of nitrogens with zero attached hydrogens (tertiary/aromatic N) is 4. The van der Waals surface area contributed by atoms with Gasteiger partial charge in [-0.3, -0.25) is 14.9 Å². The van der Waals surface area contributed by atoms with Crippen molar-refractivity contribution in [2.24, 2.45) is 9.98 Å². The third kappa shape index (κ3) is 5.07. The van der Waals surface area contributed by atoms with Crippen molar-refractivity contribution in [1.82, 2.24) is 9.80 Å². The molecule has 1 saturated heterocycles. The maximum Gasteiger partial charge on any atom is 0.0464 e. The zero-order valence-electron chi connectivity index (χ0n) is 20.5. The van der Waals surface area contributed by atoms with Crippen molar-refractivity contribution in [1.29, 1.82) is 0 Å². The van der Waals surface area contributed by atoms with Crippen LogP contribution in [0.4, 0.5) is 0 Å². The molecule has 2 heterocycles. The van der Waals surface area contributed by atoms with E-state index in [-0.39, 0.29) is 0 Å². The van der Waals surface area contributed by atoms with Crippen molar-refractivity contribution in [2.45, 2.75) is 38.6 Å². The molecular formula is C30H36N4. The van der Waals surface area contributed by atoms with Gasteiger partial charge in [0.2, 0.25) is 0 Å². The minimum absolute atomic E-state index is 0.876. The minimum atomic E-state index is 0.876. The van der Waals surface area contributed by atoms with Gasteiger partial charge in [-0.05, 0) is 48.4 Å². The Balaban J connectivity index is 1.23. The second kappa shape index (κ2) is 10.5. The monoisotopic (exact) mass is 452 g/mol. The second-order valence-electron chi connectivity index (χ2n) is 9.69. The molecule has 4 nitrogen and oxygen atoms in total. The molecule has 0 N–H and O–H groups in total. The quantitative estimate of drug-likeness (QED) is 0.543. The Morgan fingerprint density at radius 2 is 1.76 bits per heavy atom. The predicted octanol–water partition coefficient (Wildman–Crippen LogP) is 5.17. The van der Waals surface area contributed by atoms with E-state index in [2.05, 4.69) is 74.9 Å². The lowest BCUT2D eigenvalue weighted by Gasteiger charge is -2.37. The summed E-state index contributed by atoms with van der Waals surface area (Å²) in [6, 6.07) is 15.8. The van der Waals surface area contributed by atoms with Crippen molar-refractivity contribution in [3.05, 3.63) is 88.5 Å². The Morgan fingerprint density at radius 3 is 2.53 bits per heavy atom. The third-order valence-corrected chi connectivity index (χ3v) is 7.51. The van der Waals surface area contributed by atoms with E-state index >= 15 is 0 Å². The Hall–Kier alpha value is -2.98. The highest BCUT2D eigenvalue weighted by atomic mass is 15.3. The zero-order valence-corrected chi connectivity index (χ0v) is 20.5. The van der Waals surface area contributed by atoms with E-state index in [0.717, 1.165) is 63.5 Å². The van der Waals surface area contributed by atoms with Crippen molar-refractivity contribution in [3.8, 4) is 0 Å². The first-order chi connectivity index (χ1) is 16.7. The molecule has 2 aromatic rings. The van der Waals surface area contributed by atoms with E-state index in [1.54, 1.807) is 11.1 Å². The molecule has 0 spiro atoms. The number of aryl methyl sites for hydroxylation is 2. The van der Waals surface area contributed by atoms with Crippen LogP contribution in [-0.2, 0) is 19.4 Å². The van der Waals surface area contributed by atoms with E-state index in [0.29, 0.717) is 0 Å². The molecule has 0 radical (unpaired) electrons. The topological polar surface area (TPSA) is 31.2 Å². The fourth-order valence-electron chi connectivity index (χ4n) is 5.50. The first kappa shape index (κ1) is 22.8. The number of aliphatic imine (C=N–C) groups is 2. The van der Waals surface area contributed by atoms with Crippen molar-refractivity contribution >= 4 is 17.6 Å². The van der Waals surface area contributed by atoms with Crippen molar-refractivity contribution < 1.29 is 0 Å². The van der Waals surface area contributed by atoms with Gasteiger partial charge in [0.25, 0.3) is 0 Å². The van der Waals surface area contributed by atoms with Crippen LogP contribution in [0, 0.1) is 0 Å². The molecule has 2 aliphatic heterocycles. The molecule has 0 aromatic heterocycles. The molecular weight excluding hydrogens is 416 g/mol. The normalized spacial score (nSPS) is 18.7. The van der Waals surface area contributed by atoms with Crippen LogP contribution in [0.1, 0.15) is 47.1 Å². The first-order valence-corrected chi connectivity index (χ1v) is 12.7. The van der Waals surface area contributed by atoms with Gasteiger partial charge in [0, 0.05) is 81.5 Å². The van der Waals surface area contributed by atoms with Crippen molar-refractivity contribution in [3.63, 3.8) is 0 Å². The highest BCUT2D eigenvalue weighted by Crippen LogP contribution is 2.27. The van der Waals surface area contributed by atoms with Crippen LogP contribution in [-0.4, -0.2) is 61.5 Å². The maximum absolute atomic E-state index is 4.69. The van der Waals surface area contributed by atoms with Crippen LogP contribution in [0.2, 0.25) is 0 Å². The Labute approximate surface area is 204 Å². The SMILES string of the molecule is C=C(c1ccccc1C(CC1=CC=NCC1)=NC)N1CCN(Cc2ccc3c(c2)CCC3)CC1. The van der Waals surface area contributed by atoms with Crippen LogP contribution in [0.15, 0.2) is 70.7 Å². The summed E-state index contributed by atoms with van der Waals surface area (Å²) in [5, 5.41) is 0. The molecule has 0 bridgehead atoms. The van der Waals surface area contributed by atoms with Gasteiger partial charge >= 0.3 is 0 Å². The maximum atomic E-state index is 4.69. The third-order valence-electron chi connectivity index (χ3n) is 7.51. The second-order valence-corrected chi connectivity index (χ2v) is 9.69. The van der Waals surface area contributed by atoms with Gasteiger partial charge in [0.05, 0.1) is 0 Å². The van der Waals surface area contributed by atoms with Crippen LogP contribution < -0.4 is 0 Å². The average molecular weight is 453 g/mol. The fraction of sp³-hybridized carbons (Fsp3) is 0.400. The molecule has 0 saturated carbocycles. The summed E-state index contributed by atoms with van der Waals surface area (Å²) >= 11 is 0. The predicted molar refractivity (Wildman–Crippen MR) is 144 cm³/mol. The van der Waals surface area contributed by atoms with Gasteiger partial charge in [-0.25, -0.2) is 0 Å². The summed E-state index contributed by atoms with van der Waals surface area (Å²) in [7, 11) is 1.91. The van der Waals surface area contributed by atoms with E-state index < -0.39 is 0 Å². The zero-order chi connectivity index (χ0) is 23.3. The standard InChI is InChI=1S/C30H36N4/c1-23(28-8-3-4-9-29(28)30(31-2)21-24-12-14-32-15-13-24)34-18-16-33(17-19-34)22-25-10-11-26-6-5-7-27(26)20-25/h3-4,8-12,14,20H,1,5-7,13,15-19,21-22H2,2H3. The summed E-state index contributed by atoms with van der Waals surface area (Å²) in [5.41, 5.74) is 10.7. The molecule has 34 heavy (non-hydrogen) atoms. The van der Waals surface area contributed by atoms with E-state index in [9.17, 15) is 0 Å². The van der Waals surface area contributed by atoms with Crippen LogP contribution >= 0.6 is 0 Å². The lowest BCUT2D eigenvalue weighted by Crippen LogP contribution is -2.44. The summed E-state index contributed by atoms with van der Waals surface area (Å²) in [4.78, 5) is 14.1. The molecule has 1 aliphatic carbocycles. The molecule has 0 atom stereocenters. The number of hydrogen-bond donors (Lipinski definition) is 0. The molecule has 1 fully saturated rings. The van der Waals surface area contributed by atoms with Crippen LogP contribution in [0.3, 0.4) is 0 Å². The smallest absolute Gasteiger partial charge is 0.0464 e. The number of hydrogen-bond acceptors (Lipinski definition) is 4. The van der Waals surface area contributed by atoms with E-state index in [1.165, 1.54) is 41.5 Å². The molecule has 176 valence electrons. The van der Waals surface area contributed by atoms with Gasteiger partial charge in [0.1, 0.15) is 0 Å². The Kier molecular flexibility index (Phi) is 7.05. The Bertz CT molecular complexity index is 1130. The fourth-order valence-corrected chi connectivity index (χ4v) is 5.50. The van der Waals surface area contributed by atoms with E-state index in [4.69, 9.17) is 0 Å². The number of piperazine rings is 1. The number of benzene rings is 2. The van der Waals surface area contributed by atoms with Gasteiger partial charge in [-0.15, -0.1) is 0 Å². The molecule has 5 rings (SSSR count). The van der Waals surface area contributed by atoms with Crippen LogP contribution in [0.5, 0.6) is 0 Å². The minimum Gasteiger partial charge on any atom is -0.369 e. The first-order valence-electron chi connectivity index (χ1n) is 12.7. The lowest BCUT2D eigenvalue weighted by atomic mass is 9.94. The molecule has 4 heteroatoms. The molecule has 0 amide bonds. The summed E-state index contributed by atoms with van der Waals surface area (Å²) in [6.45, 7) is 10.6.